The van der Waals surface area contributed by atoms with Crippen molar-refractivity contribution >= 4 is 5.97 Å². The third-order valence-corrected chi connectivity index (χ3v) is 22.7. The summed E-state index contributed by atoms with van der Waals surface area (Å²) >= 11 is 0. The van der Waals surface area contributed by atoms with E-state index in [0.29, 0.717) is 32.1 Å². The van der Waals surface area contributed by atoms with E-state index in [4.69, 9.17) is 47.4 Å². The maximum atomic E-state index is 15.4. The molecule has 83 heavy (non-hydrogen) atoms. The number of hydrogen-bond donors (Lipinski definition) is 14. The molecule has 0 aromatic heterocycles. The molecule has 0 aromatic rings. The van der Waals surface area contributed by atoms with Gasteiger partial charge in [-0.25, -0.2) is 0 Å². The first-order chi connectivity index (χ1) is 38.8. The molecule has 0 radical (unpaired) electrons. The van der Waals surface area contributed by atoms with Crippen LogP contribution in [-0.4, -0.2) is 251 Å². The summed E-state index contributed by atoms with van der Waals surface area (Å²) in [7, 11) is 0. The summed E-state index contributed by atoms with van der Waals surface area (Å²) in [6.07, 6.45) is -29.7. The summed E-state index contributed by atoms with van der Waals surface area (Å²) < 4.78 is 60.1. The van der Waals surface area contributed by atoms with Crippen LogP contribution in [-0.2, 0) is 52.2 Å². The van der Waals surface area contributed by atoms with Crippen LogP contribution >= 0.6 is 0 Å². The lowest BCUT2D eigenvalue weighted by Gasteiger charge is -2.71. The summed E-state index contributed by atoms with van der Waals surface area (Å²) in [6.45, 7) is 17.0. The van der Waals surface area contributed by atoms with Crippen LogP contribution in [0.15, 0.2) is 11.6 Å². The zero-order valence-electron chi connectivity index (χ0n) is 49.0. The highest BCUT2D eigenvalue weighted by Crippen LogP contribution is 2.76. The minimum absolute atomic E-state index is 0.0616. The van der Waals surface area contributed by atoms with Gasteiger partial charge in [0.1, 0.15) is 97.0 Å². The Bertz CT molecular complexity index is 2330. The van der Waals surface area contributed by atoms with Gasteiger partial charge >= 0.3 is 5.97 Å². The molecular weight excluding hydrogens is 1100 g/mol. The minimum Gasteiger partial charge on any atom is -0.432 e. The van der Waals surface area contributed by atoms with Gasteiger partial charge in [-0.3, -0.25) is 4.79 Å². The lowest BCUT2D eigenvalue weighted by atomic mass is 9.33. The van der Waals surface area contributed by atoms with E-state index in [1.807, 2.05) is 0 Å². The van der Waals surface area contributed by atoms with Gasteiger partial charge in [0, 0.05) is 0 Å². The van der Waals surface area contributed by atoms with Gasteiger partial charge in [-0.1, -0.05) is 60.1 Å². The zero-order chi connectivity index (χ0) is 60.6. The summed E-state index contributed by atoms with van der Waals surface area (Å²) in [6, 6.07) is 0. The van der Waals surface area contributed by atoms with Crippen molar-refractivity contribution in [1.82, 2.24) is 0 Å². The van der Waals surface area contributed by atoms with Crippen molar-refractivity contribution in [3.05, 3.63) is 11.6 Å². The molecule has 5 aliphatic heterocycles. The number of carbonyl (C=O) groups excluding carboxylic acids is 1. The van der Waals surface area contributed by atoms with Crippen LogP contribution < -0.4 is 0 Å². The zero-order valence-corrected chi connectivity index (χ0v) is 49.0. The number of allylic oxidation sites excluding steroid dienone is 2. The van der Waals surface area contributed by atoms with Crippen molar-refractivity contribution in [1.29, 1.82) is 0 Å². The fourth-order valence-electron chi connectivity index (χ4n) is 17.4. The Kier molecular flexibility index (Phi) is 18.0. The standard InChI is InChI=1S/C58H94O25/c1-23-34(63)38(67)42(71)48(76-23)82-46-39(68)37(66)29(20-59)78-51(46)79-33-13-14-55(7)30(54(33,5)6)12-15-56(8)31(55)11-10-25-26-18-53(3,4)16-17-58(26,32(62)19-57(25,56)9)52(73)83-50-45(36(65)28(61)22-75-50)81-49-43(72)40(69)44(24(2)77-49)80-47-41(70)35(64)27(60)21-74-47/h10,23-24,26-51,59-72H,11-22H2,1-9H3/t23-,24-,26?,27+,28-,29+,30?,31?,32+,33-,34-,35-,36-,37+,38+,39-,40-,41+,42+,43+,44-,45+,46+,47-,48-,49-,50-,51-,55-,56+,57+,58+/m0/s1. The number of ether oxygens (including phenoxy) is 10. The molecule has 5 saturated heterocycles. The summed E-state index contributed by atoms with van der Waals surface area (Å²) in [5.41, 5.74) is -2.52. The molecule has 3 unspecified atom stereocenters. The van der Waals surface area contributed by atoms with Crippen molar-refractivity contribution in [3.8, 4) is 0 Å². The van der Waals surface area contributed by atoms with Gasteiger partial charge in [0.2, 0.25) is 6.29 Å². The predicted molar refractivity (Wildman–Crippen MR) is 282 cm³/mol. The molecule has 25 heteroatoms. The van der Waals surface area contributed by atoms with Crippen LogP contribution in [0.1, 0.15) is 120 Å². The Morgan fingerprint density at radius 2 is 1.13 bits per heavy atom. The van der Waals surface area contributed by atoms with Gasteiger partial charge in [-0.15, -0.1) is 0 Å². The van der Waals surface area contributed by atoms with Crippen molar-refractivity contribution in [3.63, 3.8) is 0 Å². The normalized spacial score (nSPS) is 55.1. The van der Waals surface area contributed by atoms with E-state index in [1.165, 1.54) is 13.8 Å². The smallest absolute Gasteiger partial charge is 0.317 e. The second-order valence-electron chi connectivity index (χ2n) is 28.3. The molecule has 4 saturated carbocycles. The quantitative estimate of drug-likeness (QED) is 0.0610. The molecule has 14 N–H and O–H groups in total. The van der Waals surface area contributed by atoms with Crippen LogP contribution in [0.3, 0.4) is 0 Å². The van der Waals surface area contributed by atoms with E-state index >= 15 is 4.79 Å². The highest BCUT2D eigenvalue weighted by atomic mass is 16.8. The number of aliphatic hydroxyl groups is 14. The van der Waals surface area contributed by atoms with Gasteiger partial charge in [-0.05, 0) is 116 Å². The van der Waals surface area contributed by atoms with Crippen molar-refractivity contribution in [2.24, 2.45) is 50.2 Å². The highest BCUT2D eigenvalue weighted by molar-refractivity contribution is 5.80. The highest BCUT2D eigenvalue weighted by Gasteiger charge is 2.72. The fraction of sp³-hybridized carbons (Fsp3) is 0.948. The molecule has 32 atom stereocenters. The average molecular weight is 1190 g/mol. The van der Waals surface area contributed by atoms with Crippen LogP contribution in [0.25, 0.3) is 0 Å². The van der Waals surface area contributed by atoms with Crippen molar-refractivity contribution < 1.29 is 124 Å². The van der Waals surface area contributed by atoms with Crippen LogP contribution in [0.2, 0.25) is 0 Å². The third kappa shape index (κ3) is 10.6. The summed E-state index contributed by atoms with van der Waals surface area (Å²) in [4.78, 5) is 15.4. The van der Waals surface area contributed by atoms with E-state index in [1.54, 1.807) is 0 Å². The third-order valence-electron chi connectivity index (χ3n) is 22.7. The van der Waals surface area contributed by atoms with Crippen LogP contribution in [0, 0.1) is 50.2 Å². The number of hydrogen-bond acceptors (Lipinski definition) is 25. The van der Waals surface area contributed by atoms with Gasteiger partial charge in [0.05, 0.1) is 44.2 Å². The largest absolute Gasteiger partial charge is 0.432 e. The average Bonchev–Trinajstić information content (AvgIpc) is 0.749. The van der Waals surface area contributed by atoms with E-state index in [-0.39, 0.29) is 42.1 Å². The lowest BCUT2D eigenvalue weighted by molar-refractivity contribution is -0.376. The first-order valence-corrected chi connectivity index (χ1v) is 30.0. The number of fused-ring (bicyclic) bond motifs is 7. The van der Waals surface area contributed by atoms with Crippen molar-refractivity contribution in [2.75, 3.05) is 19.8 Å². The van der Waals surface area contributed by atoms with Gasteiger partial charge in [-0.2, -0.15) is 0 Å². The first-order valence-electron chi connectivity index (χ1n) is 30.0. The number of esters is 1. The summed E-state index contributed by atoms with van der Waals surface area (Å²) in [5.74, 6) is -1.12. The number of aliphatic hydroxyl groups excluding tert-OH is 14. The molecule has 10 aliphatic rings. The van der Waals surface area contributed by atoms with E-state index in [2.05, 4.69) is 54.5 Å². The molecule has 0 bridgehead atoms. The molecule has 5 aliphatic carbocycles. The summed E-state index contributed by atoms with van der Waals surface area (Å²) in [5, 5.41) is 153. The number of carbonyl (C=O) groups is 1. The van der Waals surface area contributed by atoms with Gasteiger partial charge in [0.25, 0.3) is 0 Å². The molecule has 25 nitrogen and oxygen atoms in total. The molecule has 5 heterocycles. The minimum atomic E-state index is -1.89. The molecule has 0 amide bonds. The van der Waals surface area contributed by atoms with Gasteiger partial charge < -0.3 is 119 Å². The van der Waals surface area contributed by atoms with Gasteiger partial charge in [0.15, 0.2) is 31.3 Å². The molecule has 476 valence electrons. The number of rotatable bonds is 11. The topological polar surface area (TPSA) is 393 Å². The molecule has 10 rings (SSSR count). The van der Waals surface area contributed by atoms with E-state index < -0.39 is 200 Å². The Morgan fingerprint density at radius 3 is 1.80 bits per heavy atom. The SMILES string of the molecule is C[C@@H]1O[C@@H](O[C@H]2[C@H](O[C@H]3CC[C@@]4(C)C(CC[C@]5(C)C4CC=C4C6CC(C)(C)CC[C@]6(C(=O)O[C@@H]6OC[C@H](O)[C@H](O)[C@H]6O[C@@H]6O[C@@H](C)[C@H](O[C@@H]7OC[C@@H](O)[C@H](O)[C@H]7O)[C@@H](O)[C@H]6O)[C@H](O)C[C@]45C)C3(C)C)O[C@H](CO)[C@@H](O)[C@@H]2O)[C@H](O)[C@H](O)[C@H]1O. The monoisotopic (exact) mass is 1190 g/mol. The molecular formula is C58H94O25. The first kappa shape index (κ1) is 64.3. The maximum absolute atomic E-state index is 15.4. The Hall–Kier alpha value is -1.71. The van der Waals surface area contributed by atoms with E-state index in [0.717, 1.165) is 18.4 Å². The maximum Gasteiger partial charge on any atom is 0.317 e. The van der Waals surface area contributed by atoms with Crippen molar-refractivity contribution in [2.45, 2.75) is 274 Å². The van der Waals surface area contributed by atoms with E-state index in [9.17, 15) is 71.5 Å². The Morgan fingerprint density at radius 1 is 0.554 bits per heavy atom. The molecule has 0 spiro atoms. The predicted octanol–water partition coefficient (Wildman–Crippen LogP) is -1.91. The second kappa shape index (κ2) is 23.3. The Labute approximate surface area is 483 Å². The lowest BCUT2D eigenvalue weighted by Crippen LogP contribution is -2.68. The molecule has 0 aromatic carbocycles. The Balaban J connectivity index is 0.873. The van der Waals surface area contributed by atoms with Crippen LogP contribution in [0.5, 0.6) is 0 Å². The second-order valence-corrected chi connectivity index (χ2v) is 28.3. The van der Waals surface area contributed by atoms with Crippen LogP contribution in [0.4, 0.5) is 0 Å². The fourth-order valence-corrected chi connectivity index (χ4v) is 17.4. The molecule has 9 fully saturated rings.